The van der Waals surface area contributed by atoms with Crippen molar-refractivity contribution in [2.45, 2.75) is 40.0 Å². The molecule has 0 fully saturated rings. The molecule has 0 radical (unpaired) electrons. The van der Waals surface area contributed by atoms with E-state index in [1.807, 2.05) is 13.0 Å². The lowest BCUT2D eigenvalue weighted by atomic mass is 10.0. The minimum atomic E-state index is -0.807. The zero-order valence-corrected chi connectivity index (χ0v) is 17.8. The van der Waals surface area contributed by atoms with Crippen LogP contribution in [0.25, 0.3) is 22.3 Å². The van der Waals surface area contributed by atoms with Gasteiger partial charge in [0.05, 0.1) is 0 Å². The van der Waals surface area contributed by atoms with Crippen LogP contribution >= 0.6 is 0 Å². The van der Waals surface area contributed by atoms with Crippen LogP contribution in [-0.2, 0) is 6.42 Å². The van der Waals surface area contributed by atoms with Crippen LogP contribution in [0.5, 0.6) is 23.0 Å². The summed E-state index contributed by atoms with van der Waals surface area (Å²) >= 11 is 0. The molecule has 162 valence electrons. The molecule has 3 rings (SSSR count). The summed E-state index contributed by atoms with van der Waals surface area (Å²) in [5.74, 6) is -1.42. The molecule has 31 heavy (non-hydrogen) atoms. The molecular weight excluding hydrogens is 396 g/mol. The van der Waals surface area contributed by atoms with E-state index < -0.39 is 16.9 Å². The second-order valence-electron chi connectivity index (χ2n) is 7.87. The van der Waals surface area contributed by atoms with E-state index in [9.17, 15) is 25.2 Å². The Labute approximate surface area is 180 Å². The maximum atomic E-state index is 12.6. The van der Waals surface area contributed by atoms with E-state index in [1.54, 1.807) is 6.07 Å². The van der Waals surface area contributed by atoms with E-state index >= 15 is 0 Å². The summed E-state index contributed by atoms with van der Waals surface area (Å²) in [6, 6.07) is 6.83. The van der Waals surface area contributed by atoms with Crippen LogP contribution in [0.4, 0.5) is 0 Å². The first-order valence-corrected chi connectivity index (χ1v) is 10.0. The topological polar surface area (TPSA) is 111 Å². The summed E-state index contributed by atoms with van der Waals surface area (Å²) in [6.45, 7) is 6.16. The molecule has 0 aliphatic carbocycles. The highest BCUT2D eigenvalue weighted by molar-refractivity contribution is 5.88. The predicted molar refractivity (Wildman–Crippen MR) is 121 cm³/mol. The Kier molecular flexibility index (Phi) is 6.39. The minimum Gasteiger partial charge on any atom is -0.508 e. The van der Waals surface area contributed by atoms with Crippen molar-refractivity contribution in [3.63, 3.8) is 0 Å². The number of benzene rings is 2. The third-order valence-electron chi connectivity index (χ3n) is 5.04. The molecule has 0 aliphatic heterocycles. The van der Waals surface area contributed by atoms with Gasteiger partial charge in [0, 0.05) is 17.7 Å². The average Bonchev–Trinajstić information content (AvgIpc) is 2.69. The van der Waals surface area contributed by atoms with E-state index in [1.165, 1.54) is 29.3 Å². The number of fused-ring (bicyclic) bond motifs is 1. The minimum absolute atomic E-state index is 0.0556. The highest BCUT2D eigenvalue weighted by Gasteiger charge is 2.19. The number of phenolic OH excluding ortho intramolecular Hbond substituents is 3. The van der Waals surface area contributed by atoms with Gasteiger partial charge < -0.3 is 24.8 Å². The molecule has 1 aromatic heterocycles. The molecule has 0 unspecified atom stereocenters. The first kappa shape index (κ1) is 22.0. The number of rotatable bonds is 6. The van der Waals surface area contributed by atoms with Gasteiger partial charge in [-0.2, -0.15) is 0 Å². The van der Waals surface area contributed by atoms with Crippen molar-refractivity contribution < 1.29 is 24.8 Å². The van der Waals surface area contributed by atoms with Crippen LogP contribution in [0.1, 0.15) is 39.2 Å². The maximum Gasteiger partial charge on any atom is 0.238 e. The molecule has 0 spiro atoms. The molecule has 0 saturated heterocycles. The summed E-state index contributed by atoms with van der Waals surface area (Å²) in [6.07, 6.45) is 6.55. The molecule has 2 aromatic carbocycles. The zero-order valence-electron chi connectivity index (χ0n) is 17.8. The molecule has 6 heteroatoms. The van der Waals surface area contributed by atoms with E-state index in [0.717, 1.165) is 18.9 Å². The Balaban J connectivity index is 1.98. The molecular formula is C25H26O6. The Morgan fingerprint density at radius 3 is 2.42 bits per heavy atom. The molecule has 0 aliphatic rings. The van der Waals surface area contributed by atoms with E-state index in [0.29, 0.717) is 17.5 Å². The predicted octanol–water partition coefficient (Wildman–Crippen LogP) is 5.52. The highest BCUT2D eigenvalue weighted by atomic mass is 16.4. The van der Waals surface area contributed by atoms with Crippen LogP contribution in [-0.4, -0.2) is 20.4 Å². The van der Waals surface area contributed by atoms with Gasteiger partial charge in [-0.3, -0.25) is 4.79 Å². The lowest BCUT2D eigenvalue weighted by Gasteiger charge is -2.10. The Hall–Kier alpha value is -3.67. The van der Waals surface area contributed by atoms with Gasteiger partial charge in [-0.1, -0.05) is 23.3 Å². The monoisotopic (exact) mass is 422 g/mol. The fourth-order valence-corrected chi connectivity index (χ4v) is 3.34. The SMILES string of the molecule is CC(C)=CCCC(C)=CCc1cc(-c2oc3cc(O)cc(O)c3c(=O)c2O)ccc1O. The first-order chi connectivity index (χ1) is 14.7. The molecule has 0 atom stereocenters. The van der Waals surface area contributed by atoms with Crippen molar-refractivity contribution in [1.29, 1.82) is 0 Å². The normalized spacial score (nSPS) is 11.6. The van der Waals surface area contributed by atoms with Crippen molar-refractivity contribution in [1.82, 2.24) is 0 Å². The summed E-state index contributed by atoms with van der Waals surface area (Å²) in [4.78, 5) is 12.6. The number of hydrogen-bond acceptors (Lipinski definition) is 6. The highest BCUT2D eigenvalue weighted by Crippen LogP contribution is 2.36. The standard InChI is InChI=1S/C25H26O6/c1-14(2)5-4-6-15(3)7-8-16-11-17(9-10-19(16)27)25-24(30)23(29)22-20(28)12-18(26)13-21(22)31-25/h5,7,9-13,26-28,30H,4,6,8H2,1-3H3. The van der Waals surface area contributed by atoms with Gasteiger partial charge in [0.1, 0.15) is 28.2 Å². The molecule has 0 bridgehead atoms. The van der Waals surface area contributed by atoms with E-state index in [4.69, 9.17) is 4.42 Å². The molecule has 1 heterocycles. The summed E-state index contributed by atoms with van der Waals surface area (Å²) in [5, 5.41) is 40.1. The largest absolute Gasteiger partial charge is 0.508 e. The number of hydrogen-bond donors (Lipinski definition) is 4. The molecule has 0 saturated carbocycles. The zero-order chi connectivity index (χ0) is 22.7. The molecule has 4 N–H and O–H groups in total. The van der Waals surface area contributed by atoms with E-state index in [2.05, 4.69) is 19.9 Å². The average molecular weight is 422 g/mol. The van der Waals surface area contributed by atoms with Crippen LogP contribution in [0.2, 0.25) is 0 Å². The molecule has 3 aromatic rings. The lowest BCUT2D eigenvalue weighted by molar-refractivity contribution is 0.438. The van der Waals surface area contributed by atoms with Crippen LogP contribution in [0.3, 0.4) is 0 Å². The Morgan fingerprint density at radius 1 is 0.968 bits per heavy atom. The summed E-state index contributed by atoms with van der Waals surface area (Å²) < 4.78 is 5.64. The van der Waals surface area contributed by atoms with E-state index in [-0.39, 0.29) is 28.2 Å². The number of allylic oxidation sites excluding steroid dienone is 4. The van der Waals surface area contributed by atoms with Gasteiger partial charge in [-0.15, -0.1) is 0 Å². The van der Waals surface area contributed by atoms with Crippen LogP contribution < -0.4 is 5.43 Å². The van der Waals surface area contributed by atoms with Crippen LogP contribution in [0.15, 0.2) is 62.8 Å². The third kappa shape index (κ3) is 4.91. The molecule has 0 amide bonds. The molecule has 6 nitrogen and oxygen atoms in total. The Morgan fingerprint density at radius 2 is 1.71 bits per heavy atom. The van der Waals surface area contributed by atoms with Crippen molar-refractivity contribution >= 4 is 11.0 Å². The van der Waals surface area contributed by atoms with Gasteiger partial charge in [-0.25, -0.2) is 0 Å². The summed E-state index contributed by atoms with van der Waals surface area (Å²) in [7, 11) is 0. The Bertz CT molecular complexity index is 1240. The number of phenols is 3. The maximum absolute atomic E-state index is 12.6. The van der Waals surface area contributed by atoms with Gasteiger partial charge >= 0.3 is 0 Å². The fraction of sp³-hybridized carbons (Fsp3) is 0.240. The van der Waals surface area contributed by atoms with Crippen molar-refractivity contribution in [3.8, 4) is 34.3 Å². The quantitative estimate of drug-likeness (QED) is 0.389. The van der Waals surface area contributed by atoms with Crippen molar-refractivity contribution in [2.24, 2.45) is 0 Å². The van der Waals surface area contributed by atoms with Gasteiger partial charge in [0.15, 0.2) is 5.76 Å². The van der Waals surface area contributed by atoms with Gasteiger partial charge in [0.25, 0.3) is 0 Å². The van der Waals surface area contributed by atoms with Crippen molar-refractivity contribution in [3.05, 3.63) is 69.4 Å². The second kappa shape index (κ2) is 9.00. The number of aromatic hydroxyl groups is 4. The second-order valence-corrected chi connectivity index (χ2v) is 7.87. The summed E-state index contributed by atoms with van der Waals surface area (Å²) in [5.41, 5.74) is 2.60. The van der Waals surface area contributed by atoms with Crippen LogP contribution in [0, 0.1) is 0 Å². The van der Waals surface area contributed by atoms with Gasteiger partial charge in [0.2, 0.25) is 11.2 Å². The smallest absolute Gasteiger partial charge is 0.238 e. The van der Waals surface area contributed by atoms with Crippen molar-refractivity contribution in [2.75, 3.05) is 0 Å². The lowest BCUT2D eigenvalue weighted by Crippen LogP contribution is -2.03. The first-order valence-electron chi connectivity index (χ1n) is 10.0. The van der Waals surface area contributed by atoms with Gasteiger partial charge in [-0.05, 0) is 63.8 Å². The third-order valence-corrected chi connectivity index (χ3v) is 5.04. The fourth-order valence-electron chi connectivity index (χ4n) is 3.34.